The van der Waals surface area contributed by atoms with Crippen LogP contribution in [0.3, 0.4) is 0 Å². The Morgan fingerprint density at radius 1 is 1.20 bits per heavy atom. The van der Waals surface area contributed by atoms with Crippen LogP contribution in [-0.4, -0.2) is 51.3 Å². The van der Waals surface area contributed by atoms with Gasteiger partial charge in [0.15, 0.2) is 0 Å². The van der Waals surface area contributed by atoms with Crippen molar-refractivity contribution in [1.82, 2.24) is 4.31 Å². The van der Waals surface area contributed by atoms with E-state index in [1.165, 1.54) is 22.4 Å². The molecule has 2 aromatic rings. The zero-order valence-electron chi connectivity index (χ0n) is 20.9. The average Bonchev–Trinajstić information content (AvgIpc) is 2.99. The van der Waals surface area contributed by atoms with E-state index in [1.54, 1.807) is 38.1 Å². The number of hydrogen-bond donors (Lipinski definition) is 1. The molecule has 2 aliphatic heterocycles. The molecule has 2 amide bonds. The number of fused-ring (bicyclic) bond motifs is 1. The zero-order chi connectivity index (χ0) is 25.5. The first-order chi connectivity index (χ1) is 16.4. The van der Waals surface area contributed by atoms with E-state index in [0.717, 1.165) is 18.4 Å². The Morgan fingerprint density at radius 3 is 2.63 bits per heavy atom. The van der Waals surface area contributed by atoms with Gasteiger partial charge in [-0.3, -0.25) is 9.59 Å². The molecule has 2 heterocycles. The lowest BCUT2D eigenvalue weighted by atomic mass is 9.86. The van der Waals surface area contributed by atoms with Gasteiger partial charge in [-0.2, -0.15) is 4.31 Å². The van der Waals surface area contributed by atoms with Gasteiger partial charge in [0.2, 0.25) is 21.8 Å². The van der Waals surface area contributed by atoms with E-state index in [9.17, 15) is 18.0 Å². The standard InChI is InChI=1S/C26H33N3O5S/c1-17-8-11-23(34-5)21(13-17)27-24(30)16-29-22-10-9-19(14-20(22)26(3,4)25(29)31)35(32,33)28-12-6-7-18(2)15-28/h8-11,13-14,18H,6-7,12,15-16H2,1-5H3,(H,27,30)/t18-/m1/s1. The van der Waals surface area contributed by atoms with Crippen molar-refractivity contribution in [2.45, 2.75) is 50.8 Å². The molecule has 9 heteroatoms. The first kappa shape index (κ1) is 25.2. The fraction of sp³-hybridized carbons (Fsp3) is 0.462. The fourth-order valence-corrected chi connectivity index (χ4v) is 6.52. The summed E-state index contributed by atoms with van der Waals surface area (Å²) in [5, 5.41) is 2.83. The van der Waals surface area contributed by atoms with E-state index in [4.69, 9.17) is 4.74 Å². The summed E-state index contributed by atoms with van der Waals surface area (Å²) in [7, 11) is -2.14. The van der Waals surface area contributed by atoms with Gasteiger partial charge < -0.3 is 15.0 Å². The van der Waals surface area contributed by atoms with Crippen molar-refractivity contribution in [3.63, 3.8) is 0 Å². The van der Waals surface area contributed by atoms with Crippen molar-refractivity contribution >= 4 is 33.2 Å². The number of hydrogen-bond acceptors (Lipinski definition) is 5. The van der Waals surface area contributed by atoms with E-state index in [1.807, 2.05) is 13.0 Å². The van der Waals surface area contributed by atoms with Gasteiger partial charge in [0.1, 0.15) is 12.3 Å². The summed E-state index contributed by atoms with van der Waals surface area (Å²) >= 11 is 0. The third-order valence-corrected chi connectivity index (χ3v) is 8.76. The highest BCUT2D eigenvalue weighted by Gasteiger charge is 2.45. The Morgan fingerprint density at radius 2 is 1.94 bits per heavy atom. The number of rotatable bonds is 6. The monoisotopic (exact) mass is 499 g/mol. The summed E-state index contributed by atoms with van der Waals surface area (Å²) in [6.07, 6.45) is 1.85. The molecule has 1 N–H and O–H groups in total. The van der Waals surface area contributed by atoms with Gasteiger partial charge in [0.05, 0.1) is 23.1 Å². The van der Waals surface area contributed by atoms with Crippen LogP contribution in [0.25, 0.3) is 0 Å². The van der Waals surface area contributed by atoms with E-state index < -0.39 is 15.4 Å². The molecule has 2 aliphatic rings. The minimum absolute atomic E-state index is 0.182. The highest BCUT2D eigenvalue weighted by atomic mass is 32.2. The Kier molecular flexibility index (Phi) is 6.68. The average molecular weight is 500 g/mol. The second kappa shape index (κ2) is 9.28. The Balaban J connectivity index is 1.61. The number of benzene rings is 2. The summed E-state index contributed by atoms with van der Waals surface area (Å²) in [4.78, 5) is 27.8. The highest BCUT2D eigenvalue weighted by molar-refractivity contribution is 7.89. The van der Waals surface area contributed by atoms with Crippen LogP contribution in [0, 0.1) is 12.8 Å². The van der Waals surface area contributed by atoms with Crippen LogP contribution in [0.2, 0.25) is 0 Å². The molecule has 0 saturated carbocycles. The molecule has 2 aromatic carbocycles. The van der Waals surface area contributed by atoms with Crippen LogP contribution in [-0.2, 0) is 25.0 Å². The molecule has 1 atom stereocenters. The molecule has 1 saturated heterocycles. The maximum absolute atomic E-state index is 13.3. The van der Waals surface area contributed by atoms with Crippen molar-refractivity contribution < 1.29 is 22.7 Å². The molecular weight excluding hydrogens is 466 g/mol. The van der Waals surface area contributed by atoms with E-state index in [2.05, 4.69) is 12.2 Å². The number of ether oxygens (including phenoxy) is 1. The number of carbonyl (C=O) groups excluding carboxylic acids is 2. The fourth-order valence-electron chi connectivity index (χ4n) is 4.90. The summed E-state index contributed by atoms with van der Waals surface area (Å²) in [5.74, 6) is 0.219. The third-order valence-electron chi connectivity index (χ3n) is 6.90. The third kappa shape index (κ3) is 4.67. The van der Waals surface area contributed by atoms with Crippen LogP contribution < -0.4 is 15.0 Å². The molecule has 8 nitrogen and oxygen atoms in total. The van der Waals surface area contributed by atoms with Crippen molar-refractivity contribution in [1.29, 1.82) is 0 Å². The molecule has 0 radical (unpaired) electrons. The smallest absolute Gasteiger partial charge is 0.244 e. The van der Waals surface area contributed by atoms with Crippen LogP contribution in [0.5, 0.6) is 5.75 Å². The molecule has 4 rings (SSSR count). The largest absolute Gasteiger partial charge is 0.495 e. The molecular formula is C26H33N3O5S. The Bertz CT molecular complexity index is 1270. The van der Waals surface area contributed by atoms with Crippen molar-refractivity contribution in [3.8, 4) is 5.75 Å². The van der Waals surface area contributed by atoms with Gasteiger partial charge >= 0.3 is 0 Å². The molecule has 0 aromatic heterocycles. The van der Waals surface area contributed by atoms with E-state index >= 15 is 0 Å². The number of aryl methyl sites for hydroxylation is 1. The van der Waals surface area contributed by atoms with Crippen LogP contribution in [0.15, 0.2) is 41.3 Å². The number of methoxy groups -OCH3 is 1. The number of anilines is 2. The zero-order valence-corrected chi connectivity index (χ0v) is 21.7. The second-order valence-corrected chi connectivity index (χ2v) is 12.0. The quantitative estimate of drug-likeness (QED) is 0.654. The lowest BCUT2D eigenvalue weighted by molar-refractivity contribution is -0.124. The lowest BCUT2D eigenvalue weighted by Gasteiger charge is -2.30. The van der Waals surface area contributed by atoms with Crippen molar-refractivity contribution in [2.24, 2.45) is 5.92 Å². The molecule has 0 bridgehead atoms. The number of carbonyl (C=O) groups is 2. The van der Waals surface area contributed by atoms with Gasteiger partial charge in [0, 0.05) is 18.8 Å². The second-order valence-electron chi connectivity index (χ2n) is 10.1. The van der Waals surface area contributed by atoms with E-state index in [-0.39, 0.29) is 23.3 Å². The van der Waals surface area contributed by atoms with Crippen molar-refractivity contribution in [3.05, 3.63) is 47.5 Å². The maximum atomic E-state index is 13.3. The molecule has 188 valence electrons. The summed E-state index contributed by atoms with van der Waals surface area (Å²) in [6, 6.07) is 10.2. The molecule has 0 aliphatic carbocycles. The first-order valence-electron chi connectivity index (χ1n) is 11.9. The number of sulfonamides is 1. The van der Waals surface area contributed by atoms with Gasteiger partial charge in [-0.05, 0) is 81.0 Å². The number of nitrogens with zero attached hydrogens (tertiary/aromatic N) is 2. The van der Waals surface area contributed by atoms with E-state index in [0.29, 0.717) is 41.7 Å². The van der Waals surface area contributed by atoms with Gasteiger partial charge in [0.25, 0.3) is 0 Å². The topological polar surface area (TPSA) is 96.0 Å². The lowest BCUT2D eigenvalue weighted by Crippen LogP contribution is -2.40. The minimum Gasteiger partial charge on any atom is -0.495 e. The van der Waals surface area contributed by atoms with Crippen LogP contribution >= 0.6 is 0 Å². The number of piperidine rings is 1. The Hall–Kier alpha value is -2.91. The molecule has 1 fully saturated rings. The van der Waals surface area contributed by atoms with Crippen LogP contribution in [0.1, 0.15) is 44.7 Å². The number of amides is 2. The van der Waals surface area contributed by atoms with Gasteiger partial charge in [-0.1, -0.05) is 13.0 Å². The van der Waals surface area contributed by atoms with Crippen molar-refractivity contribution in [2.75, 3.05) is 37.0 Å². The first-order valence-corrected chi connectivity index (χ1v) is 13.3. The highest BCUT2D eigenvalue weighted by Crippen LogP contribution is 2.43. The normalized spacial score (nSPS) is 20.0. The predicted octanol–water partition coefficient (Wildman–Crippen LogP) is 3.69. The molecule has 35 heavy (non-hydrogen) atoms. The maximum Gasteiger partial charge on any atom is 0.244 e. The molecule has 0 unspecified atom stereocenters. The SMILES string of the molecule is COc1ccc(C)cc1NC(=O)CN1C(=O)C(C)(C)c2cc(S(=O)(=O)N3CCC[C@@H](C)C3)ccc21. The predicted molar refractivity (Wildman–Crippen MR) is 135 cm³/mol. The molecule has 0 spiro atoms. The summed E-state index contributed by atoms with van der Waals surface area (Å²) in [6.45, 7) is 8.29. The minimum atomic E-state index is -3.67. The summed E-state index contributed by atoms with van der Waals surface area (Å²) < 4.78 is 33.5. The van der Waals surface area contributed by atoms with Crippen LogP contribution in [0.4, 0.5) is 11.4 Å². The van der Waals surface area contributed by atoms with Gasteiger partial charge in [-0.25, -0.2) is 8.42 Å². The van der Waals surface area contributed by atoms with Gasteiger partial charge in [-0.15, -0.1) is 0 Å². The Labute approximate surface area is 207 Å². The number of nitrogens with one attached hydrogen (secondary N) is 1. The summed E-state index contributed by atoms with van der Waals surface area (Å²) in [5.41, 5.74) is 1.69.